The lowest BCUT2D eigenvalue weighted by molar-refractivity contribution is -0.146. The first kappa shape index (κ1) is 29.7. The van der Waals surface area contributed by atoms with Gasteiger partial charge in [-0.2, -0.15) is 13.2 Å². The fourth-order valence-corrected chi connectivity index (χ4v) is 4.08. The van der Waals surface area contributed by atoms with E-state index < -0.39 is 11.7 Å². The molecule has 0 saturated heterocycles. The molecule has 2 N–H and O–H groups in total. The molecule has 0 aromatic heterocycles. The van der Waals surface area contributed by atoms with Crippen molar-refractivity contribution < 1.29 is 22.7 Å². The highest BCUT2D eigenvalue weighted by atomic mass is 19.4. The van der Waals surface area contributed by atoms with Gasteiger partial charge < -0.3 is 15.4 Å². The van der Waals surface area contributed by atoms with E-state index in [9.17, 15) is 18.0 Å². The normalized spacial score (nSPS) is 12.4. The minimum absolute atomic E-state index is 0.146. The number of ether oxygens (including phenoxy) is 1. The molecule has 0 aliphatic heterocycles. The van der Waals surface area contributed by atoms with E-state index in [0.717, 1.165) is 48.2 Å². The Bertz CT molecular complexity index is 868. The van der Waals surface area contributed by atoms with E-state index in [0.29, 0.717) is 19.6 Å². The molecule has 0 amide bonds. The Balaban J connectivity index is 1.69. The molecule has 2 aromatic carbocycles. The number of nitrogens with one attached hydrogen (secondary N) is 2. The van der Waals surface area contributed by atoms with Gasteiger partial charge in [0.1, 0.15) is 6.10 Å². The van der Waals surface area contributed by atoms with Crippen LogP contribution in [-0.4, -0.2) is 18.6 Å². The van der Waals surface area contributed by atoms with E-state index in [1.165, 1.54) is 57.6 Å². The van der Waals surface area contributed by atoms with Crippen molar-refractivity contribution in [3.8, 4) is 0 Å². The molecular weight excluding hydrogens is 465 g/mol. The molecule has 2 aromatic rings. The largest absolute Gasteiger partial charge is 0.461 e. The molecule has 0 saturated carbocycles. The number of rotatable bonds is 17. The average Bonchev–Trinajstić information content (AvgIpc) is 2.84. The summed E-state index contributed by atoms with van der Waals surface area (Å²) in [5, 5.41) is 6.62. The van der Waals surface area contributed by atoms with E-state index in [1.54, 1.807) is 0 Å². The molecule has 36 heavy (non-hydrogen) atoms. The van der Waals surface area contributed by atoms with Gasteiger partial charge in [-0.25, -0.2) is 0 Å². The molecule has 0 aliphatic carbocycles. The maximum Gasteiger partial charge on any atom is 0.416 e. The van der Waals surface area contributed by atoms with Crippen LogP contribution in [0.1, 0.15) is 88.3 Å². The van der Waals surface area contributed by atoms with Gasteiger partial charge in [-0.05, 0) is 48.2 Å². The quantitative estimate of drug-likeness (QED) is 0.169. The van der Waals surface area contributed by atoms with E-state index in [-0.39, 0.29) is 12.1 Å². The summed E-state index contributed by atoms with van der Waals surface area (Å²) in [5.41, 5.74) is 2.19. The van der Waals surface area contributed by atoms with Crippen LogP contribution in [-0.2, 0) is 28.8 Å². The van der Waals surface area contributed by atoms with Crippen LogP contribution in [0.15, 0.2) is 48.5 Å². The summed E-state index contributed by atoms with van der Waals surface area (Å²) in [6, 6.07) is 13.2. The lowest BCUT2D eigenvalue weighted by Crippen LogP contribution is -2.25. The van der Waals surface area contributed by atoms with Crippen LogP contribution in [0.5, 0.6) is 0 Å². The Morgan fingerprint density at radius 3 is 1.89 bits per heavy atom. The lowest BCUT2D eigenvalue weighted by atomic mass is 10.1. The van der Waals surface area contributed by atoms with Crippen molar-refractivity contribution in [3.05, 3.63) is 65.2 Å². The van der Waals surface area contributed by atoms with Crippen molar-refractivity contribution in [2.75, 3.05) is 11.9 Å². The minimum atomic E-state index is -4.31. The topological polar surface area (TPSA) is 50.4 Å². The Hall–Kier alpha value is -2.54. The number of alkyl halides is 3. The third kappa shape index (κ3) is 12.4. The van der Waals surface area contributed by atoms with Crippen LogP contribution < -0.4 is 10.6 Å². The summed E-state index contributed by atoms with van der Waals surface area (Å²) >= 11 is 0. The smallest absolute Gasteiger partial charge is 0.416 e. The van der Waals surface area contributed by atoms with Crippen molar-refractivity contribution >= 4 is 11.7 Å². The van der Waals surface area contributed by atoms with Crippen LogP contribution in [0.4, 0.5) is 18.9 Å². The second-order valence-electron chi connectivity index (χ2n) is 9.37. The second kappa shape index (κ2) is 16.3. The van der Waals surface area contributed by atoms with Crippen LogP contribution in [0.3, 0.4) is 0 Å². The highest BCUT2D eigenvalue weighted by Crippen LogP contribution is 2.29. The highest BCUT2D eigenvalue weighted by Gasteiger charge is 2.29. The highest BCUT2D eigenvalue weighted by molar-refractivity contribution is 5.66. The zero-order valence-corrected chi connectivity index (χ0v) is 21.6. The Morgan fingerprint density at radius 1 is 0.833 bits per heavy atom. The molecule has 0 spiro atoms. The molecular formula is C29H41F3N2O2. The monoisotopic (exact) mass is 506 g/mol. The molecule has 4 nitrogen and oxygen atoms in total. The number of hydrogen-bond acceptors (Lipinski definition) is 4. The number of unbranched alkanes of at least 4 members (excludes halogenated alkanes) is 7. The van der Waals surface area contributed by atoms with Gasteiger partial charge in [-0.1, -0.05) is 76.1 Å². The van der Waals surface area contributed by atoms with E-state index in [2.05, 4.69) is 17.6 Å². The Morgan fingerprint density at radius 2 is 1.36 bits per heavy atom. The van der Waals surface area contributed by atoms with E-state index >= 15 is 0 Å². The van der Waals surface area contributed by atoms with Crippen LogP contribution >= 0.6 is 0 Å². The van der Waals surface area contributed by atoms with Gasteiger partial charge in [-0.15, -0.1) is 0 Å². The number of hydrogen-bond donors (Lipinski definition) is 2. The van der Waals surface area contributed by atoms with Crippen molar-refractivity contribution in [2.24, 2.45) is 0 Å². The summed E-state index contributed by atoms with van der Waals surface area (Å²) in [4.78, 5) is 11.5. The molecule has 0 heterocycles. The fraction of sp³-hybridized carbons (Fsp3) is 0.552. The molecule has 1 unspecified atom stereocenters. The standard InChI is InChI=1S/C29H41F3N2O2/c1-3-4-5-6-7-8-9-10-11-28(36-23(2)35)22-34-27-18-14-25(15-19-27)21-33-20-24-12-16-26(17-13-24)29(30,31)32/h12-19,28,33-34H,3-11,20-22H2,1-2H3. The molecule has 0 fully saturated rings. The van der Waals surface area contributed by atoms with Crippen LogP contribution in [0, 0.1) is 0 Å². The van der Waals surface area contributed by atoms with Gasteiger partial charge in [0.05, 0.1) is 12.1 Å². The van der Waals surface area contributed by atoms with Gasteiger partial charge in [0.2, 0.25) is 0 Å². The first-order chi connectivity index (χ1) is 17.3. The molecule has 2 rings (SSSR count). The first-order valence-electron chi connectivity index (χ1n) is 13.1. The summed E-state index contributed by atoms with van der Waals surface area (Å²) < 4.78 is 43.5. The van der Waals surface area contributed by atoms with Crippen molar-refractivity contribution in [3.63, 3.8) is 0 Å². The van der Waals surface area contributed by atoms with Crippen molar-refractivity contribution in [1.29, 1.82) is 0 Å². The van der Waals surface area contributed by atoms with Crippen LogP contribution in [0.25, 0.3) is 0 Å². The van der Waals surface area contributed by atoms with E-state index in [4.69, 9.17) is 4.74 Å². The summed E-state index contributed by atoms with van der Waals surface area (Å²) in [7, 11) is 0. The molecule has 1 atom stereocenters. The Labute approximate surface area is 214 Å². The SMILES string of the molecule is CCCCCCCCCCC(CNc1ccc(CNCc2ccc(C(F)(F)F)cc2)cc1)OC(C)=O. The van der Waals surface area contributed by atoms with E-state index in [1.807, 2.05) is 24.3 Å². The maximum atomic E-state index is 12.7. The molecule has 7 heteroatoms. The summed E-state index contributed by atoms with van der Waals surface area (Å²) in [5.74, 6) is -0.254. The zero-order valence-electron chi connectivity index (χ0n) is 21.6. The molecule has 0 bridgehead atoms. The van der Waals surface area contributed by atoms with Gasteiger partial charge in [0.25, 0.3) is 0 Å². The molecule has 200 valence electrons. The number of benzene rings is 2. The third-order valence-electron chi connectivity index (χ3n) is 6.14. The fourth-order valence-electron chi connectivity index (χ4n) is 4.08. The lowest BCUT2D eigenvalue weighted by Gasteiger charge is -2.18. The second-order valence-corrected chi connectivity index (χ2v) is 9.37. The number of carbonyl (C=O) groups is 1. The van der Waals surface area contributed by atoms with Crippen LogP contribution in [0.2, 0.25) is 0 Å². The van der Waals surface area contributed by atoms with Gasteiger partial charge in [0.15, 0.2) is 0 Å². The molecule has 0 aliphatic rings. The zero-order chi connectivity index (χ0) is 26.2. The van der Waals surface area contributed by atoms with Crippen molar-refractivity contribution in [2.45, 2.75) is 97.0 Å². The number of carbonyl (C=O) groups excluding carboxylic acids is 1. The predicted molar refractivity (Wildman–Crippen MR) is 140 cm³/mol. The number of anilines is 1. The van der Waals surface area contributed by atoms with Gasteiger partial charge >= 0.3 is 12.1 Å². The van der Waals surface area contributed by atoms with Crippen molar-refractivity contribution in [1.82, 2.24) is 5.32 Å². The van der Waals surface area contributed by atoms with Gasteiger partial charge in [0, 0.05) is 25.7 Å². The molecule has 0 radical (unpaired) electrons. The minimum Gasteiger partial charge on any atom is -0.461 e. The number of esters is 1. The predicted octanol–water partition coefficient (Wildman–Crippen LogP) is 7.87. The summed E-state index contributed by atoms with van der Waals surface area (Å²) in [6.07, 6.45) is 6.35. The third-order valence-corrected chi connectivity index (χ3v) is 6.14. The maximum absolute atomic E-state index is 12.7. The number of halogens is 3. The summed E-state index contributed by atoms with van der Waals surface area (Å²) in [6.45, 7) is 5.34. The Kier molecular flexibility index (Phi) is 13.4. The first-order valence-corrected chi connectivity index (χ1v) is 13.1. The van der Waals surface area contributed by atoms with Gasteiger partial charge in [-0.3, -0.25) is 4.79 Å². The average molecular weight is 507 g/mol.